The number of hydrogen-bond acceptors (Lipinski definition) is 2. The fraction of sp³-hybridized carbons (Fsp3) is 0.333. The number of aromatic nitrogens is 3. The molecule has 2 rings (SSSR count). The van der Waals surface area contributed by atoms with Gasteiger partial charge in [-0.1, -0.05) is 24.4 Å². The van der Waals surface area contributed by atoms with Crippen molar-refractivity contribution in [3.05, 3.63) is 23.2 Å². The van der Waals surface area contributed by atoms with Crippen molar-refractivity contribution in [2.45, 2.75) is 26.3 Å². The molecule has 0 spiro atoms. The average Bonchev–Trinajstić information content (AvgIpc) is 2.60. The van der Waals surface area contributed by atoms with Gasteiger partial charge in [-0.15, -0.1) is 6.42 Å². The summed E-state index contributed by atoms with van der Waals surface area (Å²) in [7, 11) is 0. The van der Waals surface area contributed by atoms with E-state index in [9.17, 15) is 0 Å². The molecular formula is C12H12ClN3. The van der Waals surface area contributed by atoms with E-state index in [1.807, 2.05) is 17.7 Å². The Kier molecular flexibility index (Phi) is 2.84. The van der Waals surface area contributed by atoms with Gasteiger partial charge >= 0.3 is 0 Å². The zero-order valence-electron chi connectivity index (χ0n) is 9.24. The van der Waals surface area contributed by atoms with Gasteiger partial charge in [0.25, 0.3) is 0 Å². The molecule has 4 heteroatoms. The Morgan fingerprint density at radius 3 is 2.94 bits per heavy atom. The second-order valence-corrected chi connectivity index (χ2v) is 4.03. The van der Waals surface area contributed by atoms with Crippen molar-refractivity contribution in [3.8, 4) is 12.3 Å². The molecule has 0 amide bonds. The van der Waals surface area contributed by atoms with Crippen LogP contribution in [-0.2, 0) is 0 Å². The van der Waals surface area contributed by atoms with Crippen LogP contribution in [0.2, 0.25) is 5.15 Å². The molecule has 0 N–H and O–H groups in total. The lowest BCUT2D eigenvalue weighted by atomic mass is 10.2. The molecule has 0 radical (unpaired) electrons. The minimum Gasteiger partial charge on any atom is -0.318 e. The summed E-state index contributed by atoms with van der Waals surface area (Å²) in [6.07, 6.45) is 9.82. The summed E-state index contributed by atoms with van der Waals surface area (Å²) in [6.45, 7) is 4.03. The van der Waals surface area contributed by atoms with Crippen LogP contribution in [-0.4, -0.2) is 14.5 Å². The highest BCUT2D eigenvalue weighted by molar-refractivity contribution is 6.34. The van der Waals surface area contributed by atoms with E-state index in [0.29, 0.717) is 5.15 Å². The molecule has 1 unspecified atom stereocenters. The maximum Gasteiger partial charge on any atom is 0.146 e. The molecule has 0 aliphatic heterocycles. The molecule has 0 aromatic carbocycles. The van der Waals surface area contributed by atoms with Gasteiger partial charge in [-0.05, 0) is 18.9 Å². The Balaban J connectivity index is 2.74. The van der Waals surface area contributed by atoms with E-state index in [2.05, 4.69) is 22.8 Å². The molecule has 0 saturated carbocycles. The van der Waals surface area contributed by atoms with Gasteiger partial charge in [-0.2, -0.15) is 0 Å². The molecule has 2 heterocycles. The summed E-state index contributed by atoms with van der Waals surface area (Å²) in [5.74, 6) is 2.75. The maximum absolute atomic E-state index is 6.05. The van der Waals surface area contributed by atoms with Crippen molar-refractivity contribution in [3.63, 3.8) is 0 Å². The SMILES string of the molecule is C#CC(CC)n1cc(C)c2c(Cl)ncnc21. The summed E-state index contributed by atoms with van der Waals surface area (Å²) in [4.78, 5) is 8.23. The third-order valence-electron chi connectivity index (χ3n) is 2.67. The maximum atomic E-state index is 6.05. The minimum absolute atomic E-state index is 0.0159. The van der Waals surface area contributed by atoms with E-state index in [4.69, 9.17) is 18.0 Å². The topological polar surface area (TPSA) is 30.7 Å². The molecule has 2 aromatic heterocycles. The fourth-order valence-corrected chi connectivity index (χ4v) is 2.13. The summed E-state index contributed by atoms with van der Waals surface area (Å²) < 4.78 is 1.98. The number of hydrogen-bond donors (Lipinski definition) is 0. The molecular weight excluding hydrogens is 222 g/mol. The average molecular weight is 234 g/mol. The van der Waals surface area contributed by atoms with Crippen LogP contribution in [0.1, 0.15) is 24.9 Å². The first kappa shape index (κ1) is 11.0. The van der Waals surface area contributed by atoms with Gasteiger partial charge in [-0.25, -0.2) is 9.97 Å². The highest BCUT2D eigenvalue weighted by Crippen LogP contribution is 2.27. The Morgan fingerprint density at radius 1 is 1.56 bits per heavy atom. The lowest BCUT2D eigenvalue weighted by Crippen LogP contribution is -2.04. The first-order chi connectivity index (χ1) is 7.69. The third-order valence-corrected chi connectivity index (χ3v) is 2.95. The smallest absolute Gasteiger partial charge is 0.146 e. The summed E-state index contributed by atoms with van der Waals surface area (Å²) >= 11 is 6.05. The van der Waals surface area contributed by atoms with Gasteiger partial charge in [0, 0.05) is 6.20 Å². The number of terminal acetylenes is 1. The highest BCUT2D eigenvalue weighted by atomic mass is 35.5. The van der Waals surface area contributed by atoms with Gasteiger partial charge in [0.15, 0.2) is 0 Å². The van der Waals surface area contributed by atoms with Crippen LogP contribution in [0.5, 0.6) is 0 Å². The zero-order chi connectivity index (χ0) is 11.7. The van der Waals surface area contributed by atoms with Crippen LogP contribution < -0.4 is 0 Å². The predicted octanol–water partition coefficient (Wildman–Crippen LogP) is 2.98. The lowest BCUT2D eigenvalue weighted by molar-refractivity contribution is 0.619. The Labute approximate surface area is 99.5 Å². The first-order valence-electron chi connectivity index (χ1n) is 5.12. The van der Waals surface area contributed by atoms with E-state index < -0.39 is 0 Å². The van der Waals surface area contributed by atoms with Crippen LogP contribution in [0.15, 0.2) is 12.5 Å². The van der Waals surface area contributed by atoms with Gasteiger partial charge in [0.05, 0.1) is 11.4 Å². The molecule has 0 saturated heterocycles. The Bertz CT molecular complexity index is 565. The van der Waals surface area contributed by atoms with Crippen LogP contribution in [0.25, 0.3) is 11.0 Å². The van der Waals surface area contributed by atoms with Gasteiger partial charge in [0.2, 0.25) is 0 Å². The highest BCUT2D eigenvalue weighted by Gasteiger charge is 2.14. The van der Waals surface area contributed by atoms with Crippen molar-refractivity contribution in [2.24, 2.45) is 0 Å². The van der Waals surface area contributed by atoms with Crippen molar-refractivity contribution in [1.82, 2.24) is 14.5 Å². The molecule has 16 heavy (non-hydrogen) atoms. The molecule has 82 valence electrons. The predicted molar refractivity (Wildman–Crippen MR) is 65.4 cm³/mol. The van der Waals surface area contributed by atoms with Crippen LogP contribution in [0.3, 0.4) is 0 Å². The fourth-order valence-electron chi connectivity index (χ4n) is 1.86. The van der Waals surface area contributed by atoms with Crippen LogP contribution in [0, 0.1) is 19.3 Å². The molecule has 2 aromatic rings. The molecule has 0 bridgehead atoms. The molecule has 1 atom stereocenters. The number of halogens is 1. The summed E-state index contributed by atoms with van der Waals surface area (Å²) in [5, 5.41) is 1.37. The minimum atomic E-state index is 0.0159. The van der Waals surface area contributed by atoms with Crippen molar-refractivity contribution in [1.29, 1.82) is 0 Å². The van der Waals surface area contributed by atoms with Crippen LogP contribution in [0.4, 0.5) is 0 Å². The quantitative estimate of drug-likeness (QED) is 0.590. The summed E-state index contributed by atoms with van der Waals surface area (Å²) in [6, 6.07) is 0.0159. The van der Waals surface area contributed by atoms with Gasteiger partial charge in [0.1, 0.15) is 17.1 Å². The number of nitrogens with zero attached hydrogens (tertiary/aromatic N) is 3. The number of fused-ring (bicyclic) bond motifs is 1. The number of aryl methyl sites for hydroxylation is 1. The third kappa shape index (κ3) is 1.56. The largest absolute Gasteiger partial charge is 0.318 e. The lowest BCUT2D eigenvalue weighted by Gasteiger charge is -2.10. The van der Waals surface area contributed by atoms with Gasteiger partial charge in [-0.3, -0.25) is 0 Å². The van der Waals surface area contributed by atoms with E-state index in [0.717, 1.165) is 23.0 Å². The van der Waals surface area contributed by atoms with Gasteiger partial charge < -0.3 is 4.57 Å². The first-order valence-corrected chi connectivity index (χ1v) is 5.50. The monoisotopic (exact) mass is 233 g/mol. The molecule has 0 aliphatic rings. The molecule has 0 fully saturated rings. The van der Waals surface area contributed by atoms with Crippen molar-refractivity contribution in [2.75, 3.05) is 0 Å². The van der Waals surface area contributed by atoms with E-state index >= 15 is 0 Å². The zero-order valence-corrected chi connectivity index (χ0v) is 9.99. The Hall–Kier alpha value is -1.53. The Morgan fingerprint density at radius 2 is 2.31 bits per heavy atom. The normalized spacial score (nSPS) is 12.6. The second kappa shape index (κ2) is 4.15. The van der Waals surface area contributed by atoms with Crippen molar-refractivity contribution < 1.29 is 0 Å². The molecule has 0 aliphatic carbocycles. The van der Waals surface area contributed by atoms with Crippen molar-refractivity contribution >= 4 is 22.6 Å². The van der Waals surface area contributed by atoms with E-state index in [-0.39, 0.29) is 6.04 Å². The number of rotatable bonds is 2. The standard InChI is InChI=1S/C12H12ClN3/c1-4-9(5-2)16-6-8(3)10-11(13)14-7-15-12(10)16/h1,6-7,9H,5H2,2-3H3. The van der Waals surface area contributed by atoms with Crippen LogP contribution >= 0.6 is 11.6 Å². The van der Waals surface area contributed by atoms with E-state index in [1.54, 1.807) is 0 Å². The second-order valence-electron chi connectivity index (χ2n) is 3.67. The summed E-state index contributed by atoms with van der Waals surface area (Å²) in [5.41, 5.74) is 1.86. The van der Waals surface area contributed by atoms with E-state index in [1.165, 1.54) is 6.33 Å². The molecule has 3 nitrogen and oxygen atoms in total.